The van der Waals surface area contributed by atoms with E-state index in [4.69, 9.17) is 16.6 Å². The fourth-order valence-corrected chi connectivity index (χ4v) is 5.81. The van der Waals surface area contributed by atoms with E-state index in [1.165, 1.54) is 16.6 Å². The number of carbonyl (C=O) groups is 2. The van der Waals surface area contributed by atoms with Gasteiger partial charge in [-0.05, 0) is 55.5 Å². The van der Waals surface area contributed by atoms with Crippen LogP contribution in [-0.4, -0.2) is 27.1 Å². The normalized spacial score (nSPS) is 12.7. The van der Waals surface area contributed by atoms with Crippen molar-refractivity contribution in [2.24, 2.45) is 0 Å². The molecule has 4 rings (SSSR count). The zero-order valence-corrected chi connectivity index (χ0v) is 19.3. The summed E-state index contributed by atoms with van der Waals surface area (Å²) in [7, 11) is 0. The number of hydrazine groups is 1. The second kappa shape index (κ2) is 9.42. The van der Waals surface area contributed by atoms with E-state index in [-0.39, 0.29) is 11.3 Å². The number of halogens is 1. The molecule has 3 aromatic rings. The van der Waals surface area contributed by atoms with Crippen LogP contribution in [0.4, 0.5) is 0 Å². The Bertz CT molecular complexity index is 1200. The molecule has 0 saturated carbocycles. The van der Waals surface area contributed by atoms with E-state index in [0.29, 0.717) is 22.3 Å². The maximum absolute atomic E-state index is 13.1. The standard InChI is InChI=1S/C21H21ClN4O3S2/c1-2-10-26-20(29)17-14-4-3-5-15(14)31-19(17)23-21(26)30-11-16(27)24-25-18(28)12-6-8-13(22)9-7-12/h6-9H,2-5,10-11H2,1H3,(H,24,27)(H,25,28). The molecule has 10 heteroatoms. The molecule has 1 aliphatic rings. The lowest BCUT2D eigenvalue weighted by atomic mass is 10.2. The van der Waals surface area contributed by atoms with Crippen LogP contribution in [0.1, 0.15) is 40.6 Å². The largest absolute Gasteiger partial charge is 0.287 e. The molecule has 0 unspecified atom stereocenters. The molecule has 0 bridgehead atoms. The third kappa shape index (κ3) is 4.63. The molecule has 0 fully saturated rings. The summed E-state index contributed by atoms with van der Waals surface area (Å²) in [5.74, 6) is -0.808. The Balaban J connectivity index is 1.45. The average molecular weight is 477 g/mol. The molecular formula is C21H21ClN4O3S2. The van der Waals surface area contributed by atoms with Crippen molar-refractivity contribution in [3.63, 3.8) is 0 Å². The van der Waals surface area contributed by atoms with E-state index >= 15 is 0 Å². The monoisotopic (exact) mass is 476 g/mol. The third-order valence-electron chi connectivity index (χ3n) is 4.99. The molecule has 0 saturated heterocycles. The molecular weight excluding hydrogens is 456 g/mol. The SMILES string of the molecule is CCCn1c(SCC(=O)NNC(=O)c2ccc(Cl)cc2)nc2sc3c(c2c1=O)CCC3. The Morgan fingerprint density at radius 2 is 2.00 bits per heavy atom. The molecule has 0 radical (unpaired) electrons. The van der Waals surface area contributed by atoms with Gasteiger partial charge in [0.15, 0.2) is 5.16 Å². The van der Waals surface area contributed by atoms with Gasteiger partial charge in [-0.1, -0.05) is 30.3 Å². The summed E-state index contributed by atoms with van der Waals surface area (Å²) < 4.78 is 1.66. The minimum Gasteiger partial charge on any atom is -0.287 e. The number of hydrogen-bond acceptors (Lipinski definition) is 6. The topological polar surface area (TPSA) is 93.1 Å². The molecule has 1 aliphatic carbocycles. The van der Waals surface area contributed by atoms with Gasteiger partial charge in [-0.2, -0.15) is 0 Å². The highest BCUT2D eigenvalue weighted by Crippen LogP contribution is 2.35. The van der Waals surface area contributed by atoms with E-state index in [9.17, 15) is 14.4 Å². The molecule has 2 N–H and O–H groups in total. The Kier molecular flexibility index (Phi) is 6.64. The number of thioether (sulfide) groups is 1. The number of hydrogen-bond donors (Lipinski definition) is 2. The number of aryl methyl sites for hydroxylation is 2. The molecule has 2 amide bonds. The first-order chi connectivity index (χ1) is 15.0. The number of thiophene rings is 1. The number of fused-ring (bicyclic) bond motifs is 3. The van der Waals surface area contributed by atoms with E-state index in [1.54, 1.807) is 40.2 Å². The van der Waals surface area contributed by atoms with Crippen LogP contribution in [-0.2, 0) is 24.2 Å². The number of benzene rings is 1. The molecule has 2 aromatic heterocycles. The number of nitrogens with one attached hydrogen (secondary N) is 2. The Morgan fingerprint density at radius 3 is 2.74 bits per heavy atom. The highest BCUT2D eigenvalue weighted by molar-refractivity contribution is 7.99. The van der Waals surface area contributed by atoms with Crippen molar-refractivity contribution in [2.45, 2.75) is 44.3 Å². The zero-order valence-electron chi connectivity index (χ0n) is 16.9. The van der Waals surface area contributed by atoms with Crippen LogP contribution in [0.5, 0.6) is 0 Å². The molecule has 0 atom stereocenters. The van der Waals surface area contributed by atoms with Crippen molar-refractivity contribution in [1.82, 2.24) is 20.4 Å². The van der Waals surface area contributed by atoms with Gasteiger partial charge < -0.3 is 0 Å². The van der Waals surface area contributed by atoms with Crippen molar-refractivity contribution in [1.29, 1.82) is 0 Å². The predicted molar refractivity (Wildman–Crippen MR) is 124 cm³/mol. The van der Waals surface area contributed by atoms with Crippen molar-refractivity contribution >= 4 is 56.7 Å². The second-order valence-electron chi connectivity index (χ2n) is 7.19. The number of nitrogens with zero attached hydrogens (tertiary/aromatic N) is 2. The van der Waals surface area contributed by atoms with Crippen molar-refractivity contribution in [3.8, 4) is 0 Å². The smallest absolute Gasteiger partial charge is 0.269 e. The summed E-state index contributed by atoms with van der Waals surface area (Å²) in [6.45, 7) is 2.55. The molecule has 0 spiro atoms. The molecule has 7 nitrogen and oxygen atoms in total. The summed E-state index contributed by atoms with van der Waals surface area (Å²) in [5.41, 5.74) is 6.29. The molecule has 2 heterocycles. The van der Waals surface area contributed by atoms with Crippen LogP contribution in [0, 0.1) is 0 Å². The summed E-state index contributed by atoms with van der Waals surface area (Å²) in [6, 6.07) is 6.34. The summed E-state index contributed by atoms with van der Waals surface area (Å²) in [5, 5.41) is 1.80. The number of carbonyl (C=O) groups excluding carboxylic acids is 2. The minimum absolute atomic E-state index is 0.0215. The van der Waals surface area contributed by atoms with Crippen LogP contribution in [0.2, 0.25) is 5.02 Å². The lowest BCUT2D eigenvalue weighted by molar-refractivity contribution is -0.119. The fraction of sp³-hybridized carbons (Fsp3) is 0.333. The first-order valence-electron chi connectivity index (χ1n) is 10.0. The van der Waals surface area contributed by atoms with Crippen LogP contribution in [0.25, 0.3) is 10.2 Å². The third-order valence-corrected chi connectivity index (χ3v) is 7.41. The van der Waals surface area contributed by atoms with Crippen LogP contribution < -0.4 is 16.4 Å². The fourth-order valence-electron chi connectivity index (χ4n) is 3.56. The van der Waals surface area contributed by atoms with Crippen molar-refractivity contribution < 1.29 is 9.59 Å². The lowest BCUT2D eigenvalue weighted by Crippen LogP contribution is -2.42. The first-order valence-corrected chi connectivity index (χ1v) is 12.2. The highest BCUT2D eigenvalue weighted by atomic mass is 35.5. The average Bonchev–Trinajstić information content (AvgIpc) is 3.34. The van der Waals surface area contributed by atoms with E-state index in [0.717, 1.165) is 41.5 Å². The summed E-state index contributed by atoms with van der Waals surface area (Å²) in [4.78, 5) is 44.2. The second-order valence-corrected chi connectivity index (χ2v) is 9.65. The molecule has 162 valence electrons. The Morgan fingerprint density at radius 1 is 1.23 bits per heavy atom. The Labute approximate surface area is 192 Å². The molecule has 0 aliphatic heterocycles. The molecule has 31 heavy (non-hydrogen) atoms. The van der Waals surface area contributed by atoms with Gasteiger partial charge in [0.2, 0.25) is 5.91 Å². The zero-order chi connectivity index (χ0) is 22.0. The summed E-state index contributed by atoms with van der Waals surface area (Å²) in [6.07, 6.45) is 3.81. The number of amides is 2. The number of rotatable bonds is 6. The Hall–Kier alpha value is -2.36. The summed E-state index contributed by atoms with van der Waals surface area (Å²) >= 11 is 8.59. The van der Waals surface area contributed by atoms with Crippen LogP contribution in [0.3, 0.4) is 0 Å². The lowest BCUT2D eigenvalue weighted by Gasteiger charge is -2.12. The van der Waals surface area contributed by atoms with Gasteiger partial charge in [-0.3, -0.25) is 29.8 Å². The van der Waals surface area contributed by atoms with Gasteiger partial charge in [0.1, 0.15) is 4.83 Å². The van der Waals surface area contributed by atoms with E-state index in [1.807, 2.05) is 6.92 Å². The molecule has 1 aromatic carbocycles. The van der Waals surface area contributed by atoms with E-state index in [2.05, 4.69) is 10.9 Å². The highest BCUT2D eigenvalue weighted by Gasteiger charge is 2.23. The number of aromatic nitrogens is 2. The van der Waals surface area contributed by atoms with Gasteiger partial charge in [-0.25, -0.2) is 4.98 Å². The predicted octanol–water partition coefficient (Wildman–Crippen LogP) is 3.56. The van der Waals surface area contributed by atoms with Gasteiger partial charge >= 0.3 is 0 Å². The van der Waals surface area contributed by atoms with Crippen LogP contribution in [0.15, 0.2) is 34.2 Å². The van der Waals surface area contributed by atoms with Gasteiger partial charge in [0, 0.05) is 22.0 Å². The van der Waals surface area contributed by atoms with E-state index < -0.39 is 11.8 Å². The van der Waals surface area contributed by atoms with Crippen molar-refractivity contribution in [3.05, 3.63) is 55.6 Å². The first kappa shape index (κ1) is 21.9. The quantitative estimate of drug-likeness (QED) is 0.322. The van der Waals surface area contributed by atoms with Gasteiger partial charge in [0.25, 0.3) is 11.5 Å². The minimum atomic E-state index is -0.439. The van der Waals surface area contributed by atoms with Gasteiger partial charge in [0.05, 0.1) is 11.1 Å². The van der Waals surface area contributed by atoms with Gasteiger partial charge in [-0.15, -0.1) is 11.3 Å². The van der Waals surface area contributed by atoms with Crippen LogP contribution >= 0.6 is 34.7 Å². The maximum atomic E-state index is 13.1. The maximum Gasteiger partial charge on any atom is 0.269 e. The van der Waals surface area contributed by atoms with Crippen molar-refractivity contribution in [2.75, 3.05) is 5.75 Å².